The molecule has 3 rings (SSSR count). The molecular weight excluding hydrogens is 390 g/mol. The molecule has 0 bridgehead atoms. The third-order valence-corrected chi connectivity index (χ3v) is 7.56. The molecule has 0 aliphatic carbocycles. The molecule has 7 nitrogen and oxygen atoms in total. The maximum Gasteiger partial charge on any atom is 0.241 e. The van der Waals surface area contributed by atoms with E-state index in [0.717, 1.165) is 11.1 Å². The molecule has 0 radical (unpaired) electrons. The van der Waals surface area contributed by atoms with Crippen molar-refractivity contribution in [2.75, 3.05) is 19.6 Å². The second-order valence-corrected chi connectivity index (χ2v) is 10.2. The van der Waals surface area contributed by atoms with Gasteiger partial charge in [0.1, 0.15) is 0 Å². The highest BCUT2D eigenvalue weighted by Gasteiger charge is 2.38. The van der Waals surface area contributed by atoms with Crippen molar-refractivity contribution in [2.45, 2.75) is 63.9 Å². The number of amides is 2. The zero-order valence-corrected chi connectivity index (χ0v) is 18.5. The van der Waals surface area contributed by atoms with Crippen molar-refractivity contribution < 1.29 is 18.0 Å². The summed E-state index contributed by atoms with van der Waals surface area (Å²) in [7, 11) is -3.59. The summed E-state index contributed by atoms with van der Waals surface area (Å²) in [6.07, 6.45) is 1.42. The lowest BCUT2D eigenvalue weighted by Gasteiger charge is -2.33. The highest BCUT2D eigenvalue weighted by molar-refractivity contribution is 7.89. The lowest BCUT2D eigenvalue weighted by atomic mass is 10.0. The van der Waals surface area contributed by atoms with Gasteiger partial charge in [0.15, 0.2) is 0 Å². The summed E-state index contributed by atoms with van der Waals surface area (Å²) in [5, 5.41) is 0. The van der Waals surface area contributed by atoms with E-state index >= 15 is 0 Å². The zero-order chi connectivity index (χ0) is 21.3. The van der Waals surface area contributed by atoms with Gasteiger partial charge in [-0.05, 0) is 52.2 Å². The van der Waals surface area contributed by atoms with Crippen LogP contribution in [0.5, 0.6) is 0 Å². The monoisotopic (exact) mass is 421 g/mol. The Morgan fingerprint density at radius 1 is 1.17 bits per heavy atom. The second kappa shape index (κ2) is 8.44. The fourth-order valence-electron chi connectivity index (χ4n) is 4.26. The van der Waals surface area contributed by atoms with Crippen LogP contribution in [-0.4, -0.2) is 61.7 Å². The maximum absolute atomic E-state index is 12.8. The summed E-state index contributed by atoms with van der Waals surface area (Å²) < 4.78 is 28.3. The van der Waals surface area contributed by atoms with Crippen molar-refractivity contribution in [3.63, 3.8) is 0 Å². The van der Waals surface area contributed by atoms with E-state index in [0.29, 0.717) is 37.4 Å². The fourth-order valence-corrected chi connectivity index (χ4v) is 5.79. The van der Waals surface area contributed by atoms with Crippen molar-refractivity contribution in [3.05, 3.63) is 29.3 Å². The van der Waals surface area contributed by atoms with Gasteiger partial charge >= 0.3 is 0 Å². The number of carbonyl (C=O) groups is 2. The van der Waals surface area contributed by atoms with Gasteiger partial charge in [-0.3, -0.25) is 9.59 Å². The molecule has 1 aromatic rings. The molecule has 2 aliphatic rings. The number of rotatable bonds is 5. The van der Waals surface area contributed by atoms with Crippen LogP contribution in [0, 0.1) is 19.8 Å². The molecule has 0 aromatic heterocycles. The van der Waals surface area contributed by atoms with Crippen molar-refractivity contribution in [2.24, 2.45) is 5.92 Å². The van der Waals surface area contributed by atoms with Crippen LogP contribution in [0.1, 0.15) is 44.2 Å². The Morgan fingerprint density at radius 2 is 1.83 bits per heavy atom. The first-order valence-corrected chi connectivity index (χ1v) is 11.7. The third-order valence-electron chi connectivity index (χ3n) is 5.88. The first kappa shape index (κ1) is 21.8. The van der Waals surface area contributed by atoms with Crippen LogP contribution >= 0.6 is 0 Å². The SMILES string of the molecule is Cc1ccc(S(=O)(=O)NC2CCN(C(=O)C3CC(=O)N(C(C)C)C3)CC2)c(C)c1. The quantitative estimate of drug-likeness (QED) is 0.786. The second-order valence-electron chi connectivity index (χ2n) is 8.53. The van der Waals surface area contributed by atoms with E-state index in [4.69, 9.17) is 0 Å². The normalized spacial score (nSPS) is 21.3. The Balaban J connectivity index is 1.56. The Kier molecular flexibility index (Phi) is 6.33. The molecule has 2 amide bonds. The molecule has 2 fully saturated rings. The standard InChI is InChI=1S/C21H31N3O4S/c1-14(2)24-13-17(12-20(24)25)21(26)23-9-7-18(8-10-23)22-29(27,28)19-6-5-15(3)11-16(19)4/h5-6,11,14,17-18,22H,7-10,12-13H2,1-4H3. The predicted octanol–water partition coefficient (Wildman–Crippen LogP) is 1.83. The largest absolute Gasteiger partial charge is 0.342 e. The average Bonchev–Trinajstić information content (AvgIpc) is 3.03. The summed E-state index contributed by atoms with van der Waals surface area (Å²) in [4.78, 5) is 28.7. The number of nitrogens with one attached hydrogen (secondary N) is 1. The van der Waals surface area contributed by atoms with Crippen LogP contribution in [0.4, 0.5) is 0 Å². The van der Waals surface area contributed by atoms with Crippen LogP contribution in [0.25, 0.3) is 0 Å². The van der Waals surface area contributed by atoms with Crippen LogP contribution in [0.15, 0.2) is 23.1 Å². The van der Waals surface area contributed by atoms with E-state index in [1.807, 2.05) is 26.8 Å². The molecule has 2 aliphatic heterocycles. The summed E-state index contributed by atoms with van der Waals surface area (Å²) in [6, 6.07) is 5.21. The first-order chi connectivity index (χ1) is 13.6. The lowest BCUT2D eigenvalue weighted by Crippen LogP contribution is -2.48. The van der Waals surface area contributed by atoms with Crippen LogP contribution < -0.4 is 4.72 Å². The summed E-state index contributed by atoms with van der Waals surface area (Å²) in [5.74, 6) is -0.236. The van der Waals surface area contributed by atoms with E-state index in [2.05, 4.69) is 4.72 Å². The van der Waals surface area contributed by atoms with E-state index < -0.39 is 10.0 Å². The van der Waals surface area contributed by atoms with Crippen LogP contribution in [-0.2, 0) is 19.6 Å². The maximum atomic E-state index is 12.8. The molecule has 29 heavy (non-hydrogen) atoms. The predicted molar refractivity (Wildman–Crippen MR) is 111 cm³/mol. The van der Waals surface area contributed by atoms with Crippen molar-refractivity contribution in [3.8, 4) is 0 Å². The molecule has 1 aromatic carbocycles. The van der Waals surface area contributed by atoms with Crippen molar-refractivity contribution in [1.82, 2.24) is 14.5 Å². The molecular formula is C21H31N3O4S. The van der Waals surface area contributed by atoms with E-state index in [1.54, 1.807) is 28.9 Å². The number of sulfonamides is 1. The molecule has 0 spiro atoms. The third kappa shape index (κ3) is 4.80. The van der Waals surface area contributed by atoms with Crippen molar-refractivity contribution in [1.29, 1.82) is 0 Å². The molecule has 1 atom stereocenters. The minimum absolute atomic E-state index is 0.0113. The number of likely N-dealkylation sites (tertiary alicyclic amines) is 2. The van der Waals surface area contributed by atoms with Crippen molar-refractivity contribution >= 4 is 21.8 Å². The molecule has 160 valence electrons. The van der Waals surface area contributed by atoms with Gasteiger partial charge in [0.25, 0.3) is 0 Å². The number of aryl methyl sites for hydroxylation is 2. The van der Waals surface area contributed by atoms with Crippen LogP contribution in [0.3, 0.4) is 0 Å². The number of benzene rings is 1. The Hall–Kier alpha value is -1.93. The van der Waals surface area contributed by atoms with Gasteiger partial charge in [0.2, 0.25) is 21.8 Å². The molecule has 1 unspecified atom stereocenters. The average molecular weight is 422 g/mol. The van der Waals surface area contributed by atoms with Crippen LogP contribution in [0.2, 0.25) is 0 Å². The number of hydrogen-bond donors (Lipinski definition) is 1. The molecule has 2 saturated heterocycles. The fraction of sp³-hybridized carbons (Fsp3) is 0.619. The van der Waals surface area contributed by atoms with Gasteiger partial charge in [0, 0.05) is 38.1 Å². The van der Waals surface area contributed by atoms with E-state index in [-0.39, 0.29) is 36.2 Å². The highest BCUT2D eigenvalue weighted by atomic mass is 32.2. The zero-order valence-electron chi connectivity index (χ0n) is 17.6. The van der Waals surface area contributed by atoms with Gasteiger partial charge in [0.05, 0.1) is 10.8 Å². The van der Waals surface area contributed by atoms with E-state index in [9.17, 15) is 18.0 Å². The Morgan fingerprint density at radius 3 is 2.38 bits per heavy atom. The van der Waals surface area contributed by atoms with Gasteiger partial charge in [-0.25, -0.2) is 13.1 Å². The van der Waals surface area contributed by atoms with Gasteiger partial charge in [-0.1, -0.05) is 17.7 Å². The smallest absolute Gasteiger partial charge is 0.241 e. The summed E-state index contributed by atoms with van der Waals surface area (Å²) in [5.41, 5.74) is 1.75. The van der Waals surface area contributed by atoms with Gasteiger partial charge < -0.3 is 9.80 Å². The topological polar surface area (TPSA) is 86.8 Å². The minimum Gasteiger partial charge on any atom is -0.342 e. The number of hydrogen-bond acceptors (Lipinski definition) is 4. The molecule has 0 saturated carbocycles. The van der Waals surface area contributed by atoms with Gasteiger partial charge in [-0.2, -0.15) is 0 Å². The summed E-state index contributed by atoms with van der Waals surface area (Å²) in [6.45, 7) is 9.13. The lowest BCUT2D eigenvalue weighted by molar-refractivity contribution is -0.136. The number of carbonyl (C=O) groups excluding carboxylic acids is 2. The molecule has 8 heteroatoms. The summed E-state index contributed by atoms with van der Waals surface area (Å²) >= 11 is 0. The van der Waals surface area contributed by atoms with E-state index in [1.165, 1.54) is 0 Å². The van der Waals surface area contributed by atoms with Gasteiger partial charge in [-0.15, -0.1) is 0 Å². The molecule has 2 heterocycles. The number of piperidine rings is 1. The Labute approximate surface area is 173 Å². The highest BCUT2D eigenvalue weighted by Crippen LogP contribution is 2.24. The number of nitrogens with zero attached hydrogens (tertiary/aromatic N) is 2. The first-order valence-electron chi connectivity index (χ1n) is 10.3. The molecule has 1 N–H and O–H groups in total. The minimum atomic E-state index is -3.59. The Bertz CT molecular complexity index is 889.